The highest BCUT2D eigenvalue weighted by atomic mass is 35.5. The molecule has 5 nitrogen and oxygen atoms in total. The summed E-state index contributed by atoms with van der Waals surface area (Å²) in [6, 6.07) is 7.87. The molecule has 1 saturated heterocycles. The van der Waals surface area contributed by atoms with E-state index in [0.29, 0.717) is 16.5 Å². The molecule has 1 aromatic heterocycles. The molecule has 0 bridgehead atoms. The summed E-state index contributed by atoms with van der Waals surface area (Å²) < 4.78 is 2.36. The SMILES string of the molecule is N#Cc1cc(Cl)ccc1N1CCCC(c2nnc3n2CCCCC3)C1. The number of nitrogens with zero attached hydrogens (tertiary/aromatic N) is 5. The van der Waals surface area contributed by atoms with E-state index in [1.165, 1.54) is 19.3 Å². The minimum atomic E-state index is 0.371. The second-order valence-corrected chi connectivity index (χ2v) is 7.43. The minimum absolute atomic E-state index is 0.371. The molecule has 1 fully saturated rings. The molecule has 2 aromatic rings. The highest BCUT2D eigenvalue weighted by Gasteiger charge is 2.28. The Hall–Kier alpha value is -2.06. The first-order chi connectivity index (χ1) is 12.3. The van der Waals surface area contributed by atoms with Gasteiger partial charge in [-0.3, -0.25) is 0 Å². The van der Waals surface area contributed by atoms with Crippen LogP contribution < -0.4 is 4.90 Å². The zero-order chi connectivity index (χ0) is 17.2. The van der Waals surface area contributed by atoms with Crippen LogP contribution in [-0.4, -0.2) is 27.9 Å². The maximum Gasteiger partial charge on any atom is 0.137 e. The Morgan fingerprint density at radius 1 is 1.12 bits per heavy atom. The summed E-state index contributed by atoms with van der Waals surface area (Å²) in [5.74, 6) is 2.65. The van der Waals surface area contributed by atoms with Crippen molar-refractivity contribution in [2.45, 2.75) is 51.0 Å². The highest BCUT2D eigenvalue weighted by Crippen LogP contribution is 2.32. The van der Waals surface area contributed by atoms with Gasteiger partial charge in [-0.15, -0.1) is 10.2 Å². The Morgan fingerprint density at radius 2 is 2.04 bits per heavy atom. The molecular weight excluding hydrogens is 334 g/mol. The Kier molecular flexibility index (Phi) is 4.63. The molecule has 6 heteroatoms. The summed E-state index contributed by atoms with van der Waals surface area (Å²) in [5.41, 5.74) is 1.63. The van der Waals surface area contributed by atoms with Crippen molar-refractivity contribution in [1.29, 1.82) is 5.26 Å². The predicted octanol–water partition coefficient (Wildman–Crippen LogP) is 3.91. The van der Waals surface area contributed by atoms with Crippen LogP contribution in [0.15, 0.2) is 18.2 Å². The van der Waals surface area contributed by atoms with Crippen molar-refractivity contribution in [3.8, 4) is 6.07 Å². The van der Waals surface area contributed by atoms with E-state index in [0.717, 1.165) is 56.2 Å². The first-order valence-corrected chi connectivity index (χ1v) is 9.50. The lowest BCUT2D eigenvalue weighted by Gasteiger charge is -2.34. The van der Waals surface area contributed by atoms with Crippen molar-refractivity contribution >= 4 is 17.3 Å². The number of fused-ring (bicyclic) bond motifs is 1. The molecule has 1 unspecified atom stereocenters. The van der Waals surface area contributed by atoms with Crippen molar-refractivity contribution in [3.05, 3.63) is 40.4 Å². The van der Waals surface area contributed by atoms with Gasteiger partial charge < -0.3 is 9.47 Å². The second kappa shape index (κ2) is 7.05. The molecule has 0 radical (unpaired) electrons. The van der Waals surface area contributed by atoms with Gasteiger partial charge >= 0.3 is 0 Å². The van der Waals surface area contributed by atoms with Crippen LogP contribution in [0.25, 0.3) is 0 Å². The smallest absolute Gasteiger partial charge is 0.137 e. The molecule has 0 spiro atoms. The fourth-order valence-electron chi connectivity index (χ4n) is 4.09. The Labute approximate surface area is 153 Å². The Morgan fingerprint density at radius 3 is 2.92 bits per heavy atom. The van der Waals surface area contributed by atoms with Gasteiger partial charge in [-0.05, 0) is 43.9 Å². The van der Waals surface area contributed by atoms with E-state index in [1.807, 2.05) is 12.1 Å². The highest BCUT2D eigenvalue weighted by molar-refractivity contribution is 6.30. The molecular formula is C19H22ClN5. The molecule has 2 aliphatic heterocycles. The second-order valence-electron chi connectivity index (χ2n) is 7.00. The van der Waals surface area contributed by atoms with E-state index < -0.39 is 0 Å². The van der Waals surface area contributed by atoms with Gasteiger partial charge in [-0.1, -0.05) is 18.0 Å². The summed E-state index contributed by atoms with van der Waals surface area (Å²) in [5, 5.41) is 19.1. The number of aromatic nitrogens is 3. The molecule has 2 aliphatic rings. The normalized spacial score (nSPS) is 20.6. The third kappa shape index (κ3) is 3.23. The van der Waals surface area contributed by atoms with Gasteiger partial charge in [-0.2, -0.15) is 5.26 Å². The molecule has 130 valence electrons. The topological polar surface area (TPSA) is 57.7 Å². The van der Waals surface area contributed by atoms with Crippen LogP contribution in [-0.2, 0) is 13.0 Å². The van der Waals surface area contributed by atoms with Gasteiger partial charge in [0.15, 0.2) is 0 Å². The minimum Gasteiger partial charge on any atom is -0.370 e. The van der Waals surface area contributed by atoms with Crippen LogP contribution in [0.3, 0.4) is 0 Å². The first kappa shape index (κ1) is 16.4. The number of anilines is 1. The van der Waals surface area contributed by atoms with Crippen molar-refractivity contribution in [2.75, 3.05) is 18.0 Å². The standard InChI is InChI=1S/C19H22ClN5/c20-16-7-8-17(15(11-16)12-21)24-9-4-5-14(13-24)19-23-22-18-6-2-1-3-10-25(18)19/h7-8,11,14H,1-6,9-10,13H2. The summed E-state index contributed by atoms with van der Waals surface area (Å²) in [6.07, 6.45) is 6.97. The van der Waals surface area contributed by atoms with Gasteiger partial charge in [0.25, 0.3) is 0 Å². The number of benzene rings is 1. The number of halogens is 1. The number of piperidine rings is 1. The van der Waals surface area contributed by atoms with Crippen molar-refractivity contribution in [2.24, 2.45) is 0 Å². The van der Waals surface area contributed by atoms with Crippen LogP contribution >= 0.6 is 11.6 Å². The van der Waals surface area contributed by atoms with E-state index >= 15 is 0 Å². The third-order valence-electron chi connectivity index (χ3n) is 5.34. The van der Waals surface area contributed by atoms with E-state index in [1.54, 1.807) is 6.07 Å². The summed E-state index contributed by atoms with van der Waals surface area (Å²) in [6.45, 7) is 2.89. The van der Waals surface area contributed by atoms with E-state index in [4.69, 9.17) is 11.6 Å². The summed E-state index contributed by atoms with van der Waals surface area (Å²) >= 11 is 6.05. The predicted molar refractivity (Wildman–Crippen MR) is 97.9 cm³/mol. The molecule has 3 heterocycles. The van der Waals surface area contributed by atoms with Gasteiger partial charge in [0, 0.05) is 37.0 Å². The molecule has 25 heavy (non-hydrogen) atoms. The fourth-order valence-corrected chi connectivity index (χ4v) is 4.26. The van der Waals surface area contributed by atoms with Gasteiger partial charge in [0.1, 0.15) is 17.7 Å². The first-order valence-electron chi connectivity index (χ1n) is 9.13. The fraction of sp³-hybridized carbons (Fsp3) is 0.526. The van der Waals surface area contributed by atoms with E-state index in [9.17, 15) is 5.26 Å². The monoisotopic (exact) mass is 355 g/mol. The number of rotatable bonds is 2. The van der Waals surface area contributed by atoms with Crippen molar-refractivity contribution in [3.63, 3.8) is 0 Å². The largest absolute Gasteiger partial charge is 0.370 e. The molecule has 1 atom stereocenters. The lowest BCUT2D eigenvalue weighted by atomic mass is 9.96. The van der Waals surface area contributed by atoms with Crippen LogP contribution in [0.2, 0.25) is 5.02 Å². The average Bonchev–Trinajstić information content (AvgIpc) is 2.90. The number of aryl methyl sites for hydroxylation is 1. The molecule has 0 amide bonds. The third-order valence-corrected chi connectivity index (χ3v) is 5.58. The zero-order valence-corrected chi connectivity index (χ0v) is 15.0. The maximum absolute atomic E-state index is 9.45. The van der Waals surface area contributed by atoms with Crippen LogP contribution in [0.5, 0.6) is 0 Å². The van der Waals surface area contributed by atoms with Gasteiger partial charge in [-0.25, -0.2) is 0 Å². The molecule has 0 N–H and O–H groups in total. The molecule has 0 aliphatic carbocycles. The Bertz CT molecular complexity index is 807. The van der Waals surface area contributed by atoms with Gasteiger partial charge in [0.05, 0.1) is 11.3 Å². The molecule has 0 saturated carbocycles. The van der Waals surface area contributed by atoms with Crippen LogP contribution in [0.4, 0.5) is 5.69 Å². The van der Waals surface area contributed by atoms with Crippen LogP contribution in [0, 0.1) is 11.3 Å². The van der Waals surface area contributed by atoms with Crippen LogP contribution in [0.1, 0.15) is 55.2 Å². The van der Waals surface area contributed by atoms with Crippen molar-refractivity contribution < 1.29 is 0 Å². The molecule has 4 rings (SSSR count). The number of hydrogen-bond acceptors (Lipinski definition) is 4. The number of hydrogen-bond donors (Lipinski definition) is 0. The maximum atomic E-state index is 9.45. The Balaban J connectivity index is 1.60. The van der Waals surface area contributed by atoms with E-state index in [2.05, 4.69) is 25.7 Å². The lowest BCUT2D eigenvalue weighted by Crippen LogP contribution is -2.36. The quantitative estimate of drug-likeness (QED) is 0.819. The van der Waals surface area contributed by atoms with Gasteiger partial charge in [0.2, 0.25) is 0 Å². The summed E-state index contributed by atoms with van der Waals surface area (Å²) in [4.78, 5) is 2.31. The lowest BCUT2D eigenvalue weighted by molar-refractivity contribution is 0.465. The van der Waals surface area contributed by atoms with Crippen molar-refractivity contribution in [1.82, 2.24) is 14.8 Å². The zero-order valence-electron chi connectivity index (χ0n) is 14.3. The average molecular weight is 356 g/mol. The number of nitriles is 1. The summed E-state index contributed by atoms with van der Waals surface area (Å²) in [7, 11) is 0. The molecule has 1 aromatic carbocycles. The van der Waals surface area contributed by atoms with E-state index in [-0.39, 0.29) is 0 Å².